The number of hydrogen-bond donors (Lipinski definition) is 2. The van der Waals surface area contributed by atoms with Gasteiger partial charge in [-0.1, -0.05) is 13.3 Å². The summed E-state index contributed by atoms with van der Waals surface area (Å²) in [4.78, 5) is 8.77. The van der Waals surface area contributed by atoms with Crippen LogP contribution in [0, 0.1) is 0 Å². The summed E-state index contributed by atoms with van der Waals surface area (Å²) in [6.07, 6.45) is 5.03. The average Bonchev–Trinajstić information content (AvgIpc) is 2.59. The Morgan fingerprint density at radius 3 is 2.75 bits per heavy atom. The quantitative estimate of drug-likeness (QED) is 0.349. The van der Waals surface area contributed by atoms with E-state index in [0.717, 1.165) is 50.7 Å². The summed E-state index contributed by atoms with van der Waals surface area (Å²) in [5, 5.41) is 6.59. The summed E-state index contributed by atoms with van der Waals surface area (Å²) in [5.41, 5.74) is 1.08. The van der Waals surface area contributed by atoms with Gasteiger partial charge in [0.05, 0.1) is 13.2 Å². The van der Waals surface area contributed by atoms with Crippen molar-refractivity contribution in [2.75, 3.05) is 32.9 Å². The van der Waals surface area contributed by atoms with Gasteiger partial charge in [-0.3, -0.25) is 0 Å². The van der Waals surface area contributed by atoms with Crippen molar-refractivity contribution in [2.45, 2.75) is 46.6 Å². The van der Waals surface area contributed by atoms with Gasteiger partial charge < -0.3 is 20.1 Å². The molecular weight excluding hydrogens is 304 g/mol. The summed E-state index contributed by atoms with van der Waals surface area (Å²) in [6.45, 7) is 10.7. The molecular formula is C18H32N4O2. The Hall–Kier alpha value is -1.82. The van der Waals surface area contributed by atoms with Gasteiger partial charge in [0.15, 0.2) is 5.96 Å². The number of guanidine groups is 1. The van der Waals surface area contributed by atoms with Crippen molar-refractivity contribution >= 4 is 5.96 Å². The van der Waals surface area contributed by atoms with Gasteiger partial charge in [-0.05, 0) is 38.3 Å². The van der Waals surface area contributed by atoms with Crippen LogP contribution in [0.5, 0.6) is 5.88 Å². The third-order valence-electron chi connectivity index (χ3n) is 3.26. The third-order valence-corrected chi connectivity index (χ3v) is 3.26. The number of nitrogens with zero attached hydrogens (tertiary/aromatic N) is 2. The summed E-state index contributed by atoms with van der Waals surface area (Å²) in [5.74, 6) is 1.47. The smallest absolute Gasteiger partial charge is 0.213 e. The molecule has 0 spiro atoms. The Morgan fingerprint density at radius 2 is 2.00 bits per heavy atom. The normalized spacial score (nSPS) is 11.4. The van der Waals surface area contributed by atoms with E-state index >= 15 is 0 Å². The molecule has 1 aromatic heterocycles. The zero-order valence-electron chi connectivity index (χ0n) is 15.3. The SMILES string of the molecule is CCCCOCCCNC(=NCc1ccnc(OCC)c1)NCC. The molecule has 0 radical (unpaired) electrons. The second-order valence-corrected chi connectivity index (χ2v) is 5.38. The molecule has 6 nitrogen and oxygen atoms in total. The highest BCUT2D eigenvalue weighted by Crippen LogP contribution is 2.10. The van der Waals surface area contributed by atoms with Gasteiger partial charge in [0.25, 0.3) is 0 Å². The van der Waals surface area contributed by atoms with Crippen molar-refractivity contribution in [3.05, 3.63) is 23.9 Å². The minimum absolute atomic E-state index is 0.588. The van der Waals surface area contributed by atoms with Crippen molar-refractivity contribution in [2.24, 2.45) is 4.99 Å². The Labute approximate surface area is 146 Å². The number of hydrogen-bond acceptors (Lipinski definition) is 4. The highest BCUT2D eigenvalue weighted by Gasteiger charge is 2.00. The molecule has 0 saturated heterocycles. The van der Waals surface area contributed by atoms with Crippen LogP contribution in [0.3, 0.4) is 0 Å². The second kappa shape index (κ2) is 13.6. The number of aliphatic imine (C=N–C) groups is 1. The monoisotopic (exact) mass is 336 g/mol. The summed E-state index contributed by atoms with van der Waals surface area (Å²) in [6, 6.07) is 3.88. The molecule has 0 bridgehead atoms. The van der Waals surface area contributed by atoms with Gasteiger partial charge in [-0.2, -0.15) is 0 Å². The van der Waals surface area contributed by atoms with Gasteiger partial charge >= 0.3 is 0 Å². The van der Waals surface area contributed by atoms with Crippen LogP contribution in [0.15, 0.2) is 23.3 Å². The summed E-state index contributed by atoms with van der Waals surface area (Å²) in [7, 11) is 0. The molecule has 6 heteroatoms. The van der Waals surface area contributed by atoms with Crippen LogP contribution in [-0.2, 0) is 11.3 Å². The van der Waals surface area contributed by atoms with E-state index in [2.05, 4.69) is 34.5 Å². The largest absolute Gasteiger partial charge is 0.478 e. The van der Waals surface area contributed by atoms with Crippen LogP contribution >= 0.6 is 0 Å². The lowest BCUT2D eigenvalue weighted by Gasteiger charge is -2.11. The number of rotatable bonds is 12. The molecule has 1 aromatic rings. The van der Waals surface area contributed by atoms with Crippen LogP contribution in [0.25, 0.3) is 0 Å². The Balaban J connectivity index is 2.37. The van der Waals surface area contributed by atoms with Crippen molar-refractivity contribution in [1.29, 1.82) is 0 Å². The molecule has 0 aromatic carbocycles. The zero-order chi connectivity index (χ0) is 17.5. The van der Waals surface area contributed by atoms with Gasteiger partial charge in [-0.15, -0.1) is 0 Å². The predicted octanol–water partition coefficient (Wildman–Crippen LogP) is 2.74. The average molecular weight is 336 g/mol. The molecule has 0 aliphatic heterocycles. The van der Waals surface area contributed by atoms with E-state index in [1.807, 2.05) is 19.1 Å². The molecule has 0 aliphatic carbocycles. The van der Waals surface area contributed by atoms with Crippen LogP contribution in [0.4, 0.5) is 0 Å². The fraction of sp³-hybridized carbons (Fsp3) is 0.667. The molecule has 0 amide bonds. The highest BCUT2D eigenvalue weighted by atomic mass is 16.5. The Morgan fingerprint density at radius 1 is 1.17 bits per heavy atom. The van der Waals surface area contributed by atoms with Crippen LogP contribution < -0.4 is 15.4 Å². The summed E-state index contributed by atoms with van der Waals surface area (Å²) < 4.78 is 11.0. The lowest BCUT2D eigenvalue weighted by molar-refractivity contribution is 0.129. The molecule has 0 atom stereocenters. The lowest BCUT2D eigenvalue weighted by Crippen LogP contribution is -2.38. The summed E-state index contributed by atoms with van der Waals surface area (Å²) >= 11 is 0. The van der Waals surface area contributed by atoms with E-state index < -0.39 is 0 Å². The number of nitrogens with one attached hydrogen (secondary N) is 2. The molecule has 0 saturated carbocycles. The number of ether oxygens (including phenoxy) is 2. The van der Waals surface area contributed by atoms with Gasteiger partial charge in [0.1, 0.15) is 0 Å². The van der Waals surface area contributed by atoms with E-state index in [4.69, 9.17) is 9.47 Å². The molecule has 1 rings (SSSR count). The van der Waals surface area contributed by atoms with Crippen molar-refractivity contribution in [1.82, 2.24) is 15.6 Å². The topological polar surface area (TPSA) is 67.8 Å². The molecule has 136 valence electrons. The first-order valence-corrected chi connectivity index (χ1v) is 8.97. The van der Waals surface area contributed by atoms with E-state index in [1.165, 1.54) is 6.42 Å². The van der Waals surface area contributed by atoms with E-state index in [-0.39, 0.29) is 0 Å². The van der Waals surface area contributed by atoms with Gasteiger partial charge in [0, 0.05) is 38.6 Å². The molecule has 2 N–H and O–H groups in total. The van der Waals surface area contributed by atoms with E-state index in [1.54, 1.807) is 6.20 Å². The second-order valence-electron chi connectivity index (χ2n) is 5.38. The number of unbranched alkanes of at least 4 members (excludes halogenated alkanes) is 1. The first-order valence-electron chi connectivity index (χ1n) is 8.97. The fourth-order valence-electron chi connectivity index (χ4n) is 2.02. The zero-order valence-corrected chi connectivity index (χ0v) is 15.3. The molecule has 0 fully saturated rings. The Kier molecular flexibility index (Phi) is 11.5. The minimum atomic E-state index is 0.588. The lowest BCUT2D eigenvalue weighted by atomic mass is 10.3. The van der Waals surface area contributed by atoms with Gasteiger partial charge in [0.2, 0.25) is 5.88 Å². The van der Waals surface area contributed by atoms with E-state index in [9.17, 15) is 0 Å². The predicted molar refractivity (Wildman–Crippen MR) is 98.6 cm³/mol. The highest BCUT2D eigenvalue weighted by molar-refractivity contribution is 5.79. The maximum absolute atomic E-state index is 5.56. The third kappa shape index (κ3) is 9.35. The molecule has 1 heterocycles. The van der Waals surface area contributed by atoms with Crippen molar-refractivity contribution < 1.29 is 9.47 Å². The van der Waals surface area contributed by atoms with Crippen LogP contribution in [0.1, 0.15) is 45.6 Å². The maximum atomic E-state index is 5.56. The molecule has 24 heavy (non-hydrogen) atoms. The van der Waals surface area contributed by atoms with E-state index in [0.29, 0.717) is 19.0 Å². The van der Waals surface area contributed by atoms with Gasteiger partial charge in [-0.25, -0.2) is 9.98 Å². The van der Waals surface area contributed by atoms with Crippen molar-refractivity contribution in [3.63, 3.8) is 0 Å². The first-order chi connectivity index (χ1) is 11.8. The Bertz CT molecular complexity index is 466. The molecule has 0 unspecified atom stereocenters. The standard InChI is InChI=1S/C18H32N4O2/c1-4-7-12-23-13-8-10-21-18(19-5-2)22-15-16-9-11-20-17(14-16)24-6-3/h9,11,14H,4-8,10,12-13,15H2,1-3H3,(H2,19,21,22). The van der Waals surface area contributed by atoms with Crippen molar-refractivity contribution in [3.8, 4) is 5.88 Å². The number of pyridine rings is 1. The minimum Gasteiger partial charge on any atom is -0.478 e. The fourth-order valence-corrected chi connectivity index (χ4v) is 2.02. The first kappa shape index (κ1) is 20.2. The van der Waals surface area contributed by atoms with Crippen LogP contribution in [0.2, 0.25) is 0 Å². The molecule has 0 aliphatic rings. The number of aromatic nitrogens is 1. The van der Waals surface area contributed by atoms with Crippen LogP contribution in [-0.4, -0.2) is 43.9 Å². The maximum Gasteiger partial charge on any atom is 0.213 e.